The third kappa shape index (κ3) is 2.06. The molecule has 1 N–H and O–H groups in total. The Labute approximate surface area is 85.7 Å². The molecule has 1 saturated carbocycles. The number of aromatic nitrogens is 1. The van der Waals surface area contributed by atoms with Crippen LogP contribution in [0.3, 0.4) is 0 Å². The molecule has 0 bridgehead atoms. The van der Waals surface area contributed by atoms with Crippen LogP contribution in [0.25, 0.3) is 0 Å². The summed E-state index contributed by atoms with van der Waals surface area (Å²) in [5, 5.41) is 3.52. The van der Waals surface area contributed by atoms with Crippen molar-refractivity contribution in [2.45, 2.75) is 39.2 Å². The quantitative estimate of drug-likeness (QED) is 0.792. The summed E-state index contributed by atoms with van der Waals surface area (Å²) < 4.78 is 0. The summed E-state index contributed by atoms with van der Waals surface area (Å²) in [7, 11) is 0. The van der Waals surface area contributed by atoms with Crippen LogP contribution < -0.4 is 5.32 Å². The van der Waals surface area contributed by atoms with Crippen LogP contribution in [0.1, 0.15) is 31.7 Å². The van der Waals surface area contributed by atoms with Crippen LogP contribution >= 0.6 is 0 Å². The Morgan fingerprint density at radius 1 is 1.43 bits per heavy atom. The van der Waals surface area contributed by atoms with E-state index in [2.05, 4.69) is 30.2 Å². The summed E-state index contributed by atoms with van der Waals surface area (Å²) in [5.74, 6) is 0.949. The maximum atomic E-state index is 4.17. The van der Waals surface area contributed by atoms with Crippen LogP contribution in [0, 0.1) is 12.8 Å². The SMILES string of the molecule is CCC1CC(Nc2cncc(C)c2)C1. The van der Waals surface area contributed by atoms with E-state index < -0.39 is 0 Å². The molecule has 0 saturated heterocycles. The monoisotopic (exact) mass is 190 g/mol. The van der Waals surface area contributed by atoms with E-state index in [1.54, 1.807) is 0 Å². The topological polar surface area (TPSA) is 24.9 Å². The van der Waals surface area contributed by atoms with Crippen LogP contribution in [0.4, 0.5) is 5.69 Å². The first kappa shape index (κ1) is 9.50. The largest absolute Gasteiger partial charge is 0.381 e. The highest BCUT2D eigenvalue weighted by atomic mass is 14.9. The zero-order valence-corrected chi connectivity index (χ0v) is 8.96. The molecule has 0 spiro atoms. The molecule has 1 aliphatic carbocycles. The highest BCUT2D eigenvalue weighted by Crippen LogP contribution is 2.32. The predicted octanol–water partition coefficient (Wildman–Crippen LogP) is 2.99. The van der Waals surface area contributed by atoms with Crippen LogP contribution in [0.15, 0.2) is 18.5 Å². The molecule has 76 valence electrons. The molecule has 1 fully saturated rings. The van der Waals surface area contributed by atoms with Gasteiger partial charge in [-0.05, 0) is 37.3 Å². The van der Waals surface area contributed by atoms with Crippen molar-refractivity contribution in [2.75, 3.05) is 5.32 Å². The lowest BCUT2D eigenvalue weighted by Gasteiger charge is -2.35. The minimum absolute atomic E-state index is 0.684. The van der Waals surface area contributed by atoms with Crippen molar-refractivity contribution in [1.29, 1.82) is 0 Å². The average Bonchev–Trinajstić information content (AvgIpc) is 2.10. The number of anilines is 1. The molecular weight excluding hydrogens is 172 g/mol. The van der Waals surface area contributed by atoms with Crippen LogP contribution in [0.2, 0.25) is 0 Å². The molecule has 1 aromatic rings. The van der Waals surface area contributed by atoms with E-state index in [9.17, 15) is 0 Å². The van der Waals surface area contributed by atoms with Gasteiger partial charge in [0.25, 0.3) is 0 Å². The van der Waals surface area contributed by atoms with Gasteiger partial charge in [0.2, 0.25) is 0 Å². The van der Waals surface area contributed by atoms with E-state index in [1.807, 2.05) is 12.4 Å². The van der Waals surface area contributed by atoms with Crippen molar-refractivity contribution >= 4 is 5.69 Å². The molecule has 2 heteroatoms. The molecule has 0 atom stereocenters. The van der Waals surface area contributed by atoms with Crippen LogP contribution in [-0.4, -0.2) is 11.0 Å². The second-order valence-corrected chi connectivity index (χ2v) is 4.34. The first-order valence-electron chi connectivity index (χ1n) is 5.46. The lowest BCUT2D eigenvalue weighted by atomic mass is 9.78. The molecular formula is C12H18N2. The molecule has 0 aromatic carbocycles. The Hall–Kier alpha value is -1.05. The molecule has 1 heterocycles. The van der Waals surface area contributed by atoms with E-state index in [0.29, 0.717) is 6.04 Å². The third-order valence-electron chi connectivity index (χ3n) is 3.06. The molecule has 0 amide bonds. The van der Waals surface area contributed by atoms with Gasteiger partial charge in [0, 0.05) is 18.4 Å². The summed E-state index contributed by atoms with van der Waals surface area (Å²) in [6.45, 7) is 4.35. The Morgan fingerprint density at radius 2 is 2.21 bits per heavy atom. The Kier molecular flexibility index (Phi) is 2.71. The van der Waals surface area contributed by atoms with Crippen molar-refractivity contribution in [1.82, 2.24) is 4.98 Å². The maximum Gasteiger partial charge on any atom is 0.0531 e. The van der Waals surface area contributed by atoms with Crippen LogP contribution in [0.5, 0.6) is 0 Å². The van der Waals surface area contributed by atoms with E-state index >= 15 is 0 Å². The van der Waals surface area contributed by atoms with E-state index in [1.165, 1.54) is 30.5 Å². The first-order chi connectivity index (χ1) is 6.78. The molecule has 0 radical (unpaired) electrons. The standard InChI is InChI=1S/C12H18N2/c1-3-10-5-11(6-10)14-12-4-9(2)7-13-8-12/h4,7-8,10-11,14H,3,5-6H2,1-2H3. The van der Waals surface area contributed by atoms with Gasteiger partial charge in [-0.25, -0.2) is 0 Å². The normalized spacial score (nSPS) is 25.6. The third-order valence-corrected chi connectivity index (χ3v) is 3.06. The first-order valence-corrected chi connectivity index (χ1v) is 5.46. The number of nitrogens with one attached hydrogen (secondary N) is 1. The van der Waals surface area contributed by atoms with E-state index in [-0.39, 0.29) is 0 Å². The summed E-state index contributed by atoms with van der Waals surface area (Å²) in [4.78, 5) is 4.17. The molecule has 2 nitrogen and oxygen atoms in total. The van der Waals surface area contributed by atoms with Crippen molar-refractivity contribution in [3.05, 3.63) is 24.0 Å². The Balaban J connectivity index is 1.87. The molecule has 1 aromatic heterocycles. The van der Waals surface area contributed by atoms with Gasteiger partial charge in [0.1, 0.15) is 0 Å². The van der Waals surface area contributed by atoms with Crippen molar-refractivity contribution < 1.29 is 0 Å². The van der Waals surface area contributed by atoms with Gasteiger partial charge in [0.15, 0.2) is 0 Å². The fourth-order valence-electron chi connectivity index (χ4n) is 2.06. The second kappa shape index (κ2) is 3.99. The molecule has 1 aliphatic rings. The number of aryl methyl sites for hydroxylation is 1. The number of rotatable bonds is 3. The molecule has 14 heavy (non-hydrogen) atoms. The molecule has 2 rings (SSSR count). The zero-order valence-electron chi connectivity index (χ0n) is 8.96. The van der Waals surface area contributed by atoms with Gasteiger partial charge in [-0.2, -0.15) is 0 Å². The van der Waals surface area contributed by atoms with Crippen molar-refractivity contribution in [3.8, 4) is 0 Å². The predicted molar refractivity (Wildman–Crippen MR) is 59.4 cm³/mol. The van der Waals surface area contributed by atoms with Crippen molar-refractivity contribution in [3.63, 3.8) is 0 Å². The number of hydrogen-bond donors (Lipinski definition) is 1. The van der Waals surface area contributed by atoms with Gasteiger partial charge >= 0.3 is 0 Å². The number of nitrogens with zero attached hydrogens (tertiary/aromatic N) is 1. The molecule has 0 aliphatic heterocycles. The van der Waals surface area contributed by atoms with Crippen LogP contribution in [-0.2, 0) is 0 Å². The smallest absolute Gasteiger partial charge is 0.0531 e. The van der Waals surface area contributed by atoms with Gasteiger partial charge in [-0.15, -0.1) is 0 Å². The fourth-order valence-corrected chi connectivity index (χ4v) is 2.06. The lowest BCUT2D eigenvalue weighted by molar-refractivity contribution is 0.275. The summed E-state index contributed by atoms with van der Waals surface area (Å²) in [6.07, 6.45) is 7.77. The van der Waals surface area contributed by atoms with Gasteiger partial charge in [0.05, 0.1) is 5.69 Å². The van der Waals surface area contributed by atoms with Gasteiger partial charge in [-0.3, -0.25) is 4.98 Å². The minimum Gasteiger partial charge on any atom is -0.381 e. The second-order valence-electron chi connectivity index (χ2n) is 4.34. The number of hydrogen-bond acceptors (Lipinski definition) is 2. The lowest BCUT2D eigenvalue weighted by Crippen LogP contribution is -2.35. The molecule has 0 unspecified atom stereocenters. The fraction of sp³-hybridized carbons (Fsp3) is 0.583. The average molecular weight is 190 g/mol. The Morgan fingerprint density at radius 3 is 2.86 bits per heavy atom. The summed E-state index contributed by atoms with van der Waals surface area (Å²) in [5.41, 5.74) is 2.39. The van der Waals surface area contributed by atoms with Crippen molar-refractivity contribution in [2.24, 2.45) is 5.92 Å². The number of pyridine rings is 1. The maximum absolute atomic E-state index is 4.17. The zero-order chi connectivity index (χ0) is 9.97. The highest BCUT2D eigenvalue weighted by Gasteiger charge is 2.27. The summed E-state index contributed by atoms with van der Waals surface area (Å²) in [6, 6.07) is 2.84. The van der Waals surface area contributed by atoms with Gasteiger partial charge < -0.3 is 5.32 Å². The minimum atomic E-state index is 0.684. The highest BCUT2D eigenvalue weighted by molar-refractivity contribution is 5.43. The van der Waals surface area contributed by atoms with E-state index in [0.717, 1.165) is 5.92 Å². The van der Waals surface area contributed by atoms with E-state index in [4.69, 9.17) is 0 Å². The van der Waals surface area contributed by atoms with Gasteiger partial charge in [-0.1, -0.05) is 13.3 Å². The summed E-state index contributed by atoms with van der Waals surface area (Å²) >= 11 is 0. The Bertz CT molecular complexity index is 303.